The molecule has 0 atom stereocenters. The molecule has 7 aromatic rings. The fourth-order valence-electron chi connectivity index (χ4n) is 10.9. The summed E-state index contributed by atoms with van der Waals surface area (Å²) in [6.45, 7) is 16.8. The number of hydrogen-bond donors (Lipinski definition) is 0. The minimum absolute atomic E-state index is 0.0311. The predicted molar refractivity (Wildman–Crippen MR) is 225 cm³/mol. The van der Waals surface area contributed by atoms with Gasteiger partial charge in [-0.25, -0.2) is 0 Å². The first-order chi connectivity index (χ1) is 25.3. The van der Waals surface area contributed by atoms with Gasteiger partial charge in [-0.3, -0.25) is 0 Å². The van der Waals surface area contributed by atoms with Crippen molar-refractivity contribution in [1.29, 1.82) is 0 Å². The maximum absolute atomic E-state index is 2.46. The van der Waals surface area contributed by atoms with Gasteiger partial charge in [0.15, 0.2) is 0 Å². The molecular formula is C52H50. The Labute approximate surface area is 310 Å². The molecule has 0 bridgehead atoms. The second-order valence-electron chi connectivity index (χ2n) is 16.4. The second kappa shape index (κ2) is 11.8. The van der Waals surface area contributed by atoms with Crippen LogP contribution in [0.25, 0.3) is 66.1 Å². The summed E-state index contributed by atoms with van der Waals surface area (Å²) < 4.78 is 0. The third-order valence-corrected chi connectivity index (χ3v) is 13.4. The third-order valence-electron chi connectivity index (χ3n) is 13.4. The summed E-state index contributed by atoms with van der Waals surface area (Å²) in [5.41, 5.74) is 18.5. The topological polar surface area (TPSA) is 0 Å². The van der Waals surface area contributed by atoms with E-state index in [-0.39, 0.29) is 16.2 Å². The fourth-order valence-corrected chi connectivity index (χ4v) is 10.9. The maximum Gasteiger partial charge on any atom is 0.0216 e. The standard InChI is InChI=1S/C52H50/c1-8-51(9-2)42-29-18-16-21-33(42)39-27-20-28-41(48(39)51)45-35-23-12-14-25-37(35)46(38-26-15-13-24-36(38)45)47-44(50(5,6)7)32-31-40-34-22-17-19-30-43(34)52(10-3,11-4)49(40)47/h12-32H,8-11H2,1-7H3. The van der Waals surface area contributed by atoms with Gasteiger partial charge in [0.2, 0.25) is 0 Å². The van der Waals surface area contributed by atoms with Crippen LogP contribution in [0, 0.1) is 0 Å². The molecule has 258 valence electrons. The lowest BCUT2D eigenvalue weighted by Crippen LogP contribution is -2.26. The molecule has 0 unspecified atom stereocenters. The van der Waals surface area contributed by atoms with Crippen molar-refractivity contribution in [3.63, 3.8) is 0 Å². The second-order valence-corrected chi connectivity index (χ2v) is 16.4. The molecule has 9 rings (SSSR count). The zero-order valence-electron chi connectivity index (χ0n) is 32.0. The summed E-state index contributed by atoms with van der Waals surface area (Å²) in [4.78, 5) is 0. The first kappa shape index (κ1) is 32.9. The summed E-state index contributed by atoms with van der Waals surface area (Å²) >= 11 is 0. The Morgan fingerprint density at radius 2 is 0.769 bits per heavy atom. The van der Waals surface area contributed by atoms with Crippen molar-refractivity contribution in [2.24, 2.45) is 0 Å². The van der Waals surface area contributed by atoms with Crippen LogP contribution in [0.1, 0.15) is 102 Å². The highest BCUT2D eigenvalue weighted by molar-refractivity contribution is 6.23. The molecule has 0 aliphatic heterocycles. The zero-order chi connectivity index (χ0) is 36.0. The van der Waals surface area contributed by atoms with Gasteiger partial charge in [0, 0.05) is 10.8 Å². The van der Waals surface area contributed by atoms with Gasteiger partial charge in [-0.05, 0) is 125 Å². The summed E-state index contributed by atoms with van der Waals surface area (Å²) in [5, 5.41) is 5.37. The molecule has 0 aromatic heterocycles. The fraction of sp³-hybridized carbons (Fsp3) is 0.269. The summed E-state index contributed by atoms with van der Waals surface area (Å²) in [5.74, 6) is 0. The number of hydrogen-bond acceptors (Lipinski definition) is 0. The Kier molecular flexibility index (Phi) is 7.47. The van der Waals surface area contributed by atoms with Crippen molar-refractivity contribution < 1.29 is 0 Å². The van der Waals surface area contributed by atoms with Crippen LogP contribution in [0.2, 0.25) is 0 Å². The molecule has 2 aliphatic carbocycles. The first-order valence-electron chi connectivity index (χ1n) is 19.7. The highest BCUT2D eigenvalue weighted by atomic mass is 14.5. The van der Waals surface area contributed by atoms with Crippen molar-refractivity contribution >= 4 is 21.5 Å². The van der Waals surface area contributed by atoms with Gasteiger partial charge in [0.25, 0.3) is 0 Å². The van der Waals surface area contributed by atoms with Crippen LogP contribution in [0.15, 0.2) is 127 Å². The van der Waals surface area contributed by atoms with E-state index in [0.717, 1.165) is 25.7 Å². The van der Waals surface area contributed by atoms with Gasteiger partial charge in [0.1, 0.15) is 0 Å². The SMILES string of the molecule is CCC1(CC)c2ccccc2-c2cccc(-c3c4ccccc4c(-c4c(C(C)(C)C)ccc5c4C(CC)(CC)c4ccccc4-5)c4ccccc34)c21. The molecule has 0 fully saturated rings. The van der Waals surface area contributed by atoms with Crippen LogP contribution in [-0.4, -0.2) is 0 Å². The molecule has 0 spiro atoms. The van der Waals surface area contributed by atoms with Crippen molar-refractivity contribution in [3.05, 3.63) is 155 Å². The summed E-state index contributed by atoms with van der Waals surface area (Å²) in [6.07, 6.45) is 4.27. The Morgan fingerprint density at radius 1 is 0.365 bits per heavy atom. The Balaban J connectivity index is 1.46. The van der Waals surface area contributed by atoms with Crippen LogP contribution in [0.4, 0.5) is 0 Å². The van der Waals surface area contributed by atoms with Gasteiger partial charge in [-0.15, -0.1) is 0 Å². The van der Waals surface area contributed by atoms with Gasteiger partial charge >= 0.3 is 0 Å². The van der Waals surface area contributed by atoms with E-state index in [9.17, 15) is 0 Å². The number of fused-ring (bicyclic) bond motifs is 8. The molecular weight excluding hydrogens is 625 g/mol. The molecule has 0 saturated carbocycles. The molecule has 0 nitrogen and oxygen atoms in total. The third kappa shape index (κ3) is 4.21. The first-order valence-corrected chi connectivity index (χ1v) is 19.7. The minimum Gasteiger partial charge on any atom is -0.0642 e. The van der Waals surface area contributed by atoms with Gasteiger partial charge in [-0.1, -0.05) is 176 Å². The van der Waals surface area contributed by atoms with Crippen LogP contribution in [-0.2, 0) is 16.2 Å². The van der Waals surface area contributed by atoms with Crippen molar-refractivity contribution in [3.8, 4) is 44.5 Å². The quantitative estimate of drug-likeness (QED) is 0.154. The van der Waals surface area contributed by atoms with Crippen molar-refractivity contribution in [2.75, 3.05) is 0 Å². The highest BCUT2D eigenvalue weighted by Gasteiger charge is 2.45. The largest absolute Gasteiger partial charge is 0.0642 e. The van der Waals surface area contributed by atoms with E-state index in [1.807, 2.05) is 0 Å². The molecule has 0 N–H and O–H groups in total. The average Bonchev–Trinajstić information content (AvgIpc) is 3.64. The van der Waals surface area contributed by atoms with Gasteiger partial charge in [0.05, 0.1) is 0 Å². The van der Waals surface area contributed by atoms with Crippen LogP contribution < -0.4 is 0 Å². The Morgan fingerprint density at radius 3 is 1.27 bits per heavy atom. The Bertz CT molecular complexity index is 2490. The van der Waals surface area contributed by atoms with E-state index in [1.165, 1.54) is 93.9 Å². The zero-order valence-corrected chi connectivity index (χ0v) is 32.0. The molecule has 0 heterocycles. The van der Waals surface area contributed by atoms with E-state index < -0.39 is 0 Å². The average molecular weight is 675 g/mol. The Hall–Kier alpha value is -4.94. The minimum atomic E-state index is -0.0583. The van der Waals surface area contributed by atoms with Gasteiger partial charge < -0.3 is 0 Å². The molecule has 0 radical (unpaired) electrons. The summed E-state index contributed by atoms with van der Waals surface area (Å²) in [7, 11) is 0. The van der Waals surface area contributed by atoms with E-state index >= 15 is 0 Å². The molecule has 52 heavy (non-hydrogen) atoms. The summed E-state index contributed by atoms with van der Waals surface area (Å²) in [6, 6.07) is 49.1. The normalized spacial score (nSPS) is 15.1. The lowest BCUT2D eigenvalue weighted by Gasteiger charge is -2.35. The molecule has 7 aromatic carbocycles. The number of rotatable bonds is 6. The number of benzene rings is 7. The molecule has 0 saturated heterocycles. The van der Waals surface area contributed by atoms with Crippen LogP contribution in [0.5, 0.6) is 0 Å². The highest BCUT2D eigenvalue weighted by Crippen LogP contribution is 2.61. The van der Waals surface area contributed by atoms with E-state index in [1.54, 1.807) is 0 Å². The smallest absolute Gasteiger partial charge is 0.0216 e. The monoisotopic (exact) mass is 674 g/mol. The van der Waals surface area contributed by atoms with Crippen LogP contribution >= 0.6 is 0 Å². The van der Waals surface area contributed by atoms with E-state index in [4.69, 9.17) is 0 Å². The van der Waals surface area contributed by atoms with Crippen molar-refractivity contribution in [2.45, 2.75) is 90.4 Å². The van der Waals surface area contributed by atoms with E-state index in [2.05, 4.69) is 176 Å². The van der Waals surface area contributed by atoms with Crippen LogP contribution in [0.3, 0.4) is 0 Å². The molecule has 0 amide bonds. The lowest BCUT2D eigenvalue weighted by molar-refractivity contribution is 0.489. The molecule has 0 heteroatoms. The van der Waals surface area contributed by atoms with E-state index in [0.29, 0.717) is 0 Å². The van der Waals surface area contributed by atoms with Crippen molar-refractivity contribution in [1.82, 2.24) is 0 Å². The molecule has 2 aliphatic rings. The predicted octanol–water partition coefficient (Wildman–Crippen LogP) is 14.8. The van der Waals surface area contributed by atoms with Gasteiger partial charge in [-0.2, -0.15) is 0 Å². The maximum atomic E-state index is 2.46. The lowest BCUT2D eigenvalue weighted by atomic mass is 9.67.